The Balaban J connectivity index is 2.11. The standard InChI is InChI=1S/C13H17N3O2/c14-11-4-2-1-3-10(11)7-16(8-12(15)17)13(18)9-5-6-9/h1-4,9H,5-8,14H2,(H2,15,17). The molecule has 0 bridgehead atoms. The Morgan fingerprint density at radius 1 is 1.28 bits per heavy atom. The molecule has 1 aliphatic carbocycles. The number of nitrogens with two attached hydrogens (primary N) is 2. The van der Waals surface area contributed by atoms with Crippen LogP contribution in [0.2, 0.25) is 0 Å². The molecule has 4 N–H and O–H groups in total. The third-order valence-corrected chi connectivity index (χ3v) is 3.00. The van der Waals surface area contributed by atoms with Gasteiger partial charge in [-0.15, -0.1) is 0 Å². The molecule has 0 heterocycles. The molecule has 0 atom stereocenters. The molecule has 96 valence electrons. The average molecular weight is 247 g/mol. The number of nitrogen functional groups attached to an aromatic ring is 1. The van der Waals surface area contributed by atoms with Crippen molar-refractivity contribution in [1.29, 1.82) is 0 Å². The lowest BCUT2D eigenvalue weighted by Crippen LogP contribution is -2.38. The molecule has 1 aliphatic rings. The zero-order valence-corrected chi connectivity index (χ0v) is 10.1. The van der Waals surface area contributed by atoms with E-state index < -0.39 is 5.91 Å². The van der Waals surface area contributed by atoms with Crippen molar-refractivity contribution in [3.8, 4) is 0 Å². The first-order valence-corrected chi connectivity index (χ1v) is 5.98. The number of nitrogens with zero attached hydrogens (tertiary/aromatic N) is 1. The second-order valence-electron chi connectivity index (χ2n) is 4.63. The highest BCUT2D eigenvalue weighted by atomic mass is 16.2. The van der Waals surface area contributed by atoms with Crippen molar-refractivity contribution in [2.75, 3.05) is 12.3 Å². The molecule has 2 rings (SSSR count). The van der Waals surface area contributed by atoms with Crippen LogP contribution >= 0.6 is 0 Å². The highest BCUT2D eigenvalue weighted by Gasteiger charge is 2.34. The van der Waals surface area contributed by atoms with E-state index in [0.29, 0.717) is 12.2 Å². The number of carbonyl (C=O) groups excluding carboxylic acids is 2. The van der Waals surface area contributed by atoms with E-state index in [4.69, 9.17) is 11.5 Å². The van der Waals surface area contributed by atoms with Gasteiger partial charge in [-0.25, -0.2) is 0 Å². The number of rotatable bonds is 5. The lowest BCUT2D eigenvalue weighted by molar-refractivity contribution is -0.136. The fourth-order valence-electron chi connectivity index (χ4n) is 1.87. The molecule has 5 heteroatoms. The van der Waals surface area contributed by atoms with Crippen LogP contribution in [0, 0.1) is 5.92 Å². The number of benzene rings is 1. The van der Waals surface area contributed by atoms with E-state index in [0.717, 1.165) is 18.4 Å². The molecule has 18 heavy (non-hydrogen) atoms. The van der Waals surface area contributed by atoms with E-state index in [1.165, 1.54) is 4.90 Å². The fourth-order valence-corrected chi connectivity index (χ4v) is 1.87. The van der Waals surface area contributed by atoms with Gasteiger partial charge in [-0.2, -0.15) is 0 Å². The van der Waals surface area contributed by atoms with E-state index in [1.807, 2.05) is 18.2 Å². The zero-order valence-electron chi connectivity index (χ0n) is 10.1. The van der Waals surface area contributed by atoms with Crippen molar-refractivity contribution in [3.05, 3.63) is 29.8 Å². The van der Waals surface area contributed by atoms with E-state index in [2.05, 4.69) is 0 Å². The summed E-state index contributed by atoms with van der Waals surface area (Å²) in [5.41, 5.74) is 12.5. The van der Waals surface area contributed by atoms with Gasteiger partial charge in [0.1, 0.15) is 0 Å². The van der Waals surface area contributed by atoms with Crippen LogP contribution in [-0.4, -0.2) is 23.3 Å². The summed E-state index contributed by atoms with van der Waals surface area (Å²) in [5.74, 6) is -0.440. The fraction of sp³-hybridized carbons (Fsp3) is 0.385. The Labute approximate surface area is 106 Å². The summed E-state index contributed by atoms with van der Waals surface area (Å²) in [7, 11) is 0. The van der Waals surface area contributed by atoms with Crippen molar-refractivity contribution < 1.29 is 9.59 Å². The second-order valence-corrected chi connectivity index (χ2v) is 4.63. The lowest BCUT2D eigenvalue weighted by Gasteiger charge is -2.22. The van der Waals surface area contributed by atoms with Crippen molar-refractivity contribution in [2.24, 2.45) is 11.7 Å². The molecule has 2 amide bonds. The summed E-state index contributed by atoms with van der Waals surface area (Å²) < 4.78 is 0. The Hall–Kier alpha value is -2.04. The summed E-state index contributed by atoms with van der Waals surface area (Å²) in [4.78, 5) is 24.6. The van der Waals surface area contributed by atoms with E-state index in [-0.39, 0.29) is 18.4 Å². The van der Waals surface area contributed by atoms with Crippen LogP contribution in [0.25, 0.3) is 0 Å². The lowest BCUT2D eigenvalue weighted by atomic mass is 10.1. The van der Waals surface area contributed by atoms with Gasteiger partial charge in [0.25, 0.3) is 0 Å². The van der Waals surface area contributed by atoms with Gasteiger partial charge in [-0.3, -0.25) is 9.59 Å². The van der Waals surface area contributed by atoms with E-state index in [1.54, 1.807) is 6.07 Å². The minimum atomic E-state index is -0.501. The molecule has 1 aromatic carbocycles. The van der Waals surface area contributed by atoms with Gasteiger partial charge in [0.05, 0.1) is 6.54 Å². The molecular formula is C13H17N3O2. The van der Waals surface area contributed by atoms with Crippen molar-refractivity contribution in [1.82, 2.24) is 4.90 Å². The second kappa shape index (κ2) is 5.08. The maximum Gasteiger partial charge on any atom is 0.237 e. The first kappa shape index (κ1) is 12.4. The molecule has 0 spiro atoms. The Kier molecular flexibility index (Phi) is 3.50. The summed E-state index contributed by atoms with van der Waals surface area (Å²) >= 11 is 0. The average Bonchev–Trinajstić information content (AvgIpc) is 3.13. The molecule has 1 saturated carbocycles. The van der Waals surface area contributed by atoms with Crippen LogP contribution in [0.1, 0.15) is 18.4 Å². The van der Waals surface area contributed by atoms with Crippen molar-refractivity contribution >= 4 is 17.5 Å². The summed E-state index contributed by atoms with van der Waals surface area (Å²) in [6.07, 6.45) is 1.80. The van der Waals surface area contributed by atoms with Crippen LogP contribution in [0.15, 0.2) is 24.3 Å². The summed E-state index contributed by atoms with van der Waals surface area (Å²) in [5, 5.41) is 0. The molecule has 1 fully saturated rings. The van der Waals surface area contributed by atoms with Crippen LogP contribution in [0.3, 0.4) is 0 Å². The van der Waals surface area contributed by atoms with Crippen LogP contribution in [0.5, 0.6) is 0 Å². The minimum Gasteiger partial charge on any atom is -0.398 e. The molecule has 0 aromatic heterocycles. The smallest absolute Gasteiger partial charge is 0.237 e. The summed E-state index contributed by atoms with van der Waals surface area (Å²) in [6.45, 7) is 0.286. The van der Waals surface area contributed by atoms with Crippen molar-refractivity contribution in [2.45, 2.75) is 19.4 Å². The number of amides is 2. The largest absolute Gasteiger partial charge is 0.398 e. The van der Waals surface area contributed by atoms with Gasteiger partial charge in [-0.1, -0.05) is 18.2 Å². The Morgan fingerprint density at radius 3 is 2.50 bits per heavy atom. The number of hydrogen-bond donors (Lipinski definition) is 2. The van der Waals surface area contributed by atoms with Gasteiger partial charge in [0.15, 0.2) is 0 Å². The molecule has 0 radical (unpaired) electrons. The Bertz CT molecular complexity index is 469. The monoisotopic (exact) mass is 247 g/mol. The minimum absolute atomic E-state index is 0.00273. The van der Waals surface area contributed by atoms with E-state index >= 15 is 0 Å². The van der Waals surface area contributed by atoms with Gasteiger partial charge < -0.3 is 16.4 Å². The number of anilines is 1. The summed E-state index contributed by atoms with van der Waals surface area (Å²) in [6, 6.07) is 7.32. The predicted octanol–water partition coefficient (Wildman–Crippen LogP) is 0.493. The topological polar surface area (TPSA) is 89.4 Å². The molecule has 0 saturated heterocycles. The highest BCUT2D eigenvalue weighted by molar-refractivity contribution is 5.86. The third-order valence-electron chi connectivity index (χ3n) is 3.00. The van der Waals surface area contributed by atoms with Gasteiger partial charge in [0, 0.05) is 18.2 Å². The number of primary amides is 1. The predicted molar refractivity (Wildman–Crippen MR) is 68.2 cm³/mol. The molecule has 5 nitrogen and oxygen atoms in total. The van der Waals surface area contributed by atoms with Crippen LogP contribution < -0.4 is 11.5 Å². The zero-order chi connectivity index (χ0) is 13.1. The number of hydrogen-bond acceptors (Lipinski definition) is 3. The maximum atomic E-state index is 12.0. The first-order chi connectivity index (χ1) is 8.58. The quantitative estimate of drug-likeness (QED) is 0.742. The third kappa shape index (κ3) is 3.00. The van der Waals surface area contributed by atoms with Crippen LogP contribution in [0.4, 0.5) is 5.69 Å². The van der Waals surface area contributed by atoms with E-state index in [9.17, 15) is 9.59 Å². The normalized spacial score (nSPS) is 14.2. The first-order valence-electron chi connectivity index (χ1n) is 5.98. The number of carbonyl (C=O) groups is 2. The highest BCUT2D eigenvalue weighted by Crippen LogP contribution is 2.31. The Morgan fingerprint density at radius 2 is 1.94 bits per heavy atom. The SMILES string of the molecule is NC(=O)CN(Cc1ccccc1N)C(=O)C1CC1. The maximum absolute atomic E-state index is 12.0. The number of para-hydroxylation sites is 1. The van der Waals surface area contributed by atoms with Crippen molar-refractivity contribution in [3.63, 3.8) is 0 Å². The van der Waals surface area contributed by atoms with Gasteiger partial charge >= 0.3 is 0 Å². The van der Waals surface area contributed by atoms with Crippen LogP contribution in [-0.2, 0) is 16.1 Å². The van der Waals surface area contributed by atoms with Gasteiger partial charge in [0.2, 0.25) is 11.8 Å². The molecular weight excluding hydrogens is 230 g/mol. The molecule has 1 aromatic rings. The van der Waals surface area contributed by atoms with Gasteiger partial charge in [-0.05, 0) is 24.5 Å². The molecule has 0 unspecified atom stereocenters. The molecule has 0 aliphatic heterocycles.